The van der Waals surface area contributed by atoms with Gasteiger partial charge in [-0.3, -0.25) is 9.62 Å². The molecule has 57 heavy (non-hydrogen) atoms. The van der Waals surface area contributed by atoms with E-state index >= 15 is 0 Å². The van der Waals surface area contributed by atoms with Gasteiger partial charge in [0.15, 0.2) is 5.82 Å². The third-order valence-corrected chi connectivity index (χ3v) is 13.1. The molecule has 0 radical (unpaired) electrons. The van der Waals surface area contributed by atoms with Crippen LogP contribution >= 0.6 is 23.4 Å². The molecule has 1 saturated heterocycles. The van der Waals surface area contributed by atoms with Gasteiger partial charge in [0.2, 0.25) is 0 Å². The van der Waals surface area contributed by atoms with Crippen molar-refractivity contribution in [1.29, 1.82) is 0 Å². The summed E-state index contributed by atoms with van der Waals surface area (Å²) in [6.07, 6.45) is 2.27. The number of piperazine rings is 1. The summed E-state index contributed by atoms with van der Waals surface area (Å²) in [5, 5.41) is 10.3. The van der Waals surface area contributed by atoms with Crippen LogP contribution in [0.25, 0.3) is 33.1 Å². The predicted octanol–water partition coefficient (Wildman–Crippen LogP) is 8.10. The molecule has 8 rings (SSSR count). The number of hydrogen-bond acceptors (Lipinski definition) is 10. The van der Waals surface area contributed by atoms with Gasteiger partial charge in [-0.1, -0.05) is 71.4 Å². The maximum atomic E-state index is 13.8. The standard InChI is InChI=1S/C43H44ClN9O2S2/c1-50(2)21-20-35(29-56-36-9-4-3-5-10-36)53-42-19-17-37(27-41(42)47-49-53)57(54,55)48-43-39-18-16-34(26-40(39)45-30-46-43)52-24-22-51(23-25-52)28-32-8-6-7-11-38(32)31-12-14-33(44)15-13-31/h3-19,26-27,30,35H,20-25,28-29H2,1-2H3,(H,45,46,48). The van der Waals surface area contributed by atoms with Crippen LogP contribution in [0.3, 0.4) is 0 Å². The number of sulfonamides is 1. The Hall–Kier alpha value is -5.05. The molecule has 2 aromatic heterocycles. The van der Waals surface area contributed by atoms with Gasteiger partial charge in [-0.25, -0.2) is 23.1 Å². The van der Waals surface area contributed by atoms with E-state index in [-0.39, 0.29) is 16.8 Å². The van der Waals surface area contributed by atoms with E-state index in [1.807, 2.05) is 53.2 Å². The molecule has 1 aliphatic heterocycles. The van der Waals surface area contributed by atoms with Crippen molar-refractivity contribution in [1.82, 2.24) is 34.8 Å². The molecule has 7 aromatic rings. The summed E-state index contributed by atoms with van der Waals surface area (Å²) in [4.78, 5) is 17.1. The number of rotatable bonds is 14. The highest BCUT2D eigenvalue weighted by atomic mass is 35.5. The van der Waals surface area contributed by atoms with E-state index in [0.717, 1.165) is 73.2 Å². The minimum atomic E-state index is -4.01. The van der Waals surface area contributed by atoms with Crippen LogP contribution in [0.5, 0.6) is 0 Å². The van der Waals surface area contributed by atoms with Crippen molar-refractivity contribution in [2.75, 3.05) is 62.2 Å². The van der Waals surface area contributed by atoms with Crippen molar-refractivity contribution in [2.24, 2.45) is 0 Å². The Labute approximate surface area is 342 Å². The fourth-order valence-electron chi connectivity index (χ4n) is 7.24. The van der Waals surface area contributed by atoms with Crippen molar-refractivity contribution in [3.05, 3.63) is 132 Å². The first kappa shape index (κ1) is 38.8. The van der Waals surface area contributed by atoms with E-state index < -0.39 is 10.0 Å². The highest BCUT2D eigenvalue weighted by molar-refractivity contribution is 7.99. The van der Waals surface area contributed by atoms with Gasteiger partial charge < -0.3 is 9.80 Å². The fraction of sp³-hybridized carbons (Fsp3) is 0.256. The number of anilines is 2. The largest absolute Gasteiger partial charge is 0.369 e. The number of fused-ring (bicyclic) bond motifs is 2. The third-order valence-electron chi connectivity index (χ3n) is 10.3. The fourth-order valence-corrected chi connectivity index (χ4v) is 9.45. The molecule has 3 heterocycles. The second-order valence-corrected chi connectivity index (χ2v) is 17.7. The average Bonchev–Trinajstić information content (AvgIpc) is 3.65. The first-order valence-corrected chi connectivity index (χ1v) is 21.8. The molecule has 0 amide bonds. The molecule has 11 nitrogen and oxygen atoms in total. The molecular formula is C43H44ClN9O2S2. The number of nitrogens with one attached hydrogen (secondary N) is 1. The number of hydrogen-bond donors (Lipinski definition) is 1. The van der Waals surface area contributed by atoms with Crippen LogP contribution < -0.4 is 9.62 Å². The molecule has 0 saturated carbocycles. The van der Waals surface area contributed by atoms with E-state index in [1.165, 1.54) is 22.3 Å². The minimum absolute atomic E-state index is 0.0626. The zero-order valence-corrected chi connectivity index (χ0v) is 34.3. The molecule has 292 valence electrons. The van der Waals surface area contributed by atoms with Gasteiger partial charge in [0.25, 0.3) is 10.0 Å². The summed E-state index contributed by atoms with van der Waals surface area (Å²) < 4.78 is 32.3. The lowest BCUT2D eigenvalue weighted by Gasteiger charge is -2.36. The summed E-state index contributed by atoms with van der Waals surface area (Å²) in [6.45, 7) is 5.26. The lowest BCUT2D eigenvalue weighted by molar-refractivity contribution is 0.250. The number of thioether (sulfide) groups is 1. The topological polar surface area (TPSA) is 112 Å². The van der Waals surface area contributed by atoms with E-state index in [4.69, 9.17) is 11.6 Å². The number of nitrogens with zero attached hydrogens (tertiary/aromatic N) is 8. The van der Waals surface area contributed by atoms with Gasteiger partial charge in [0.1, 0.15) is 11.8 Å². The Morgan fingerprint density at radius 1 is 0.842 bits per heavy atom. The Morgan fingerprint density at radius 2 is 1.61 bits per heavy atom. The van der Waals surface area contributed by atoms with Crippen LogP contribution in [0.2, 0.25) is 5.02 Å². The van der Waals surface area contributed by atoms with Crippen molar-refractivity contribution < 1.29 is 8.42 Å². The average molecular weight is 818 g/mol. The predicted molar refractivity (Wildman–Crippen MR) is 232 cm³/mol. The molecule has 1 fully saturated rings. The van der Waals surface area contributed by atoms with Crippen molar-refractivity contribution in [2.45, 2.75) is 28.8 Å². The van der Waals surface area contributed by atoms with Gasteiger partial charge in [-0.15, -0.1) is 16.9 Å². The highest BCUT2D eigenvalue weighted by Crippen LogP contribution is 2.31. The highest BCUT2D eigenvalue weighted by Gasteiger charge is 2.23. The molecule has 14 heteroatoms. The van der Waals surface area contributed by atoms with Gasteiger partial charge in [0.05, 0.1) is 22.0 Å². The van der Waals surface area contributed by atoms with Crippen LogP contribution in [0, 0.1) is 0 Å². The molecule has 1 atom stereocenters. The Bertz CT molecular complexity index is 2580. The van der Waals surface area contributed by atoms with Crippen LogP contribution in [0.4, 0.5) is 11.5 Å². The molecular weight excluding hydrogens is 774 g/mol. The second kappa shape index (κ2) is 17.2. The van der Waals surface area contributed by atoms with E-state index in [2.05, 4.69) is 102 Å². The Morgan fingerprint density at radius 3 is 2.40 bits per heavy atom. The van der Waals surface area contributed by atoms with E-state index in [0.29, 0.717) is 16.4 Å². The monoisotopic (exact) mass is 817 g/mol. The van der Waals surface area contributed by atoms with E-state index in [9.17, 15) is 8.42 Å². The van der Waals surface area contributed by atoms with Crippen LogP contribution in [0.15, 0.2) is 131 Å². The molecule has 0 bridgehead atoms. The molecule has 0 aliphatic carbocycles. The summed E-state index contributed by atoms with van der Waals surface area (Å²) >= 11 is 7.92. The van der Waals surface area contributed by atoms with Gasteiger partial charge in [-0.2, -0.15) is 0 Å². The number of halogens is 1. The van der Waals surface area contributed by atoms with Crippen molar-refractivity contribution >= 4 is 66.8 Å². The third kappa shape index (κ3) is 9.08. The molecule has 1 aliphatic rings. The molecule has 1 unspecified atom stereocenters. The molecule has 1 N–H and O–H groups in total. The van der Waals surface area contributed by atoms with Gasteiger partial charge >= 0.3 is 0 Å². The van der Waals surface area contributed by atoms with Crippen molar-refractivity contribution in [3.8, 4) is 11.1 Å². The van der Waals surface area contributed by atoms with Crippen LogP contribution in [-0.2, 0) is 16.6 Å². The number of aromatic nitrogens is 5. The molecule has 5 aromatic carbocycles. The molecule has 0 spiro atoms. The van der Waals surface area contributed by atoms with Gasteiger partial charge in [-0.05, 0) is 104 Å². The zero-order chi connectivity index (χ0) is 39.4. The Balaban J connectivity index is 0.942. The lowest BCUT2D eigenvalue weighted by atomic mass is 9.99. The second-order valence-electron chi connectivity index (χ2n) is 14.5. The quantitative estimate of drug-likeness (QED) is 0.108. The number of benzene rings is 5. The normalized spacial score (nSPS) is 14.4. The summed E-state index contributed by atoms with van der Waals surface area (Å²) in [6, 6.07) is 37.8. The maximum absolute atomic E-state index is 13.8. The summed E-state index contributed by atoms with van der Waals surface area (Å²) in [5.41, 5.74) is 6.67. The van der Waals surface area contributed by atoms with E-state index in [1.54, 1.807) is 30.0 Å². The lowest BCUT2D eigenvalue weighted by Crippen LogP contribution is -2.46. The maximum Gasteiger partial charge on any atom is 0.263 e. The van der Waals surface area contributed by atoms with Crippen LogP contribution in [0.1, 0.15) is 18.0 Å². The SMILES string of the molecule is CN(C)CCC(CSc1ccccc1)n1nnc2cc(S(=O)(=O)Nc3ncnc4cc(N5CCN(Cc6ccccc6-c6ccc(Cl)cc6)CC5)ccc34)ccc21. The smallest absolute Gasteiger partial charge is 0.263 e. The van der Waals surface area contributed by atoms with Gasteiger partial charge in [0, 0.05) is 59.5 Å². The summed E-state index contributed by atoms with van der Waals surface area (Å²) in [7, 11) is 0.0988. The zero-order valence-electron chi connectivity index (χ0n) is 31.9. The van der Waals surface area contributed by atoms with Crippen molar-refractivity contribution in [3.63, 3.8) is 0 Å². The minimum Gasteiger partial charge on any atom is -0.369 e. The summed E-state index contributed by atoms with van der Waals surface area (Å²) in [5.74, 6) is 1.03. The first-order valence-electron chi connectivity index (χ1n) is 19.0. The van der Waals surface area contributed by atoms with Crippen LogP contribution in [-0.4, -0.2) is 95.8 Å². The first-order chi connectivity index (χ1) is 27.7. The Kier molecular flexibility index (Phi) is 11.7.